The number of halogens is 1. The van der Waals surface area contributed by atoms with E-state index in [1.165, 1.54) is 0 Å². The first-order valence-corrected chi connectivity index (χ1v) is 4.93. The number of piperazine rings is 1. The second-order valence-electron chi connectivity index (χ2n) is 3.60. The van der Waals surface area contributed by atoms with Gasteiger partial charge in [0.2, 0.25) is 5.91 Å². The Hall–Kier alpha value is -0.320. The fourth-order valence-corrected chi connectivity index (χ4v) is 1.56. The van der Waals surface area contributed by atoms with Crippen molar-refractivity contribution in [3.05, 3.63) is 0 Å². The summed E-state index contributed by atoms with van der Waals surface area (Å²) in [6.07, 6.45) is 0.718. The Morgan fingerprint density at radius 3 is 2.86 bits per heavy atom. The lowest BCUT2D eigenvalue weighted by Crippen LogP contribution is -2.56. The van der Waals surface area contributed by atoms with E-state index in [4.69, 9.17) is 5.73 Å². The number of rotatable bonds is 2. The Morgan fingerprint density at radius 1 is 1.71 bits per heavy atom. The summed E-state index contributed by atoms with van der Waals surface area (Å²) in [6, 6.07) is -0.0422. The van der Waals surface area contributed by atoms with Crippen molar-refractivity contribution in [2.24, 2.45) is 5.73 Å². The van der Waals surface area contributed by atoms with Crippen LogP contribution >= 0.6 is 12.4 Å². The molecule has 0 aliphatic carbocycles. The van der Waals surface area contributed by atoms with E-state index in [9.17, 15) is 4.79 Å². The number of amides is 1. The van der Waals surface area contributed by atoms with Crippen molar-refractivity contribution in [2.45, 2.75) is 32.4 Å². The standard InChI is InChI=1S/C9H19N3O.ClH/c1-3-8(10)9(13)12-5-4-11-6-7(12)2;/h7-8,11H,3-6,10H2,1-2H3;1H/t7-,8+;/m0./s1. The molecule has 2 atom stereocenters. The molecule has 0 radical (unpaired) electrons. The molecule has 1 aliphatic rings. The fraction of sp³-hybridized carbons (Fsp3) is 0.889. The molecule has 1 saturated heterocycles. The van der Waals surface area contributed by atoms with E-state index in [0.717, 1.165) is 26.1 Å². The van der Waals surface area contributed by atoms with Crippen LogP contribution in [0.25, 0.3) is 0 Å². The smallest absolute Gasteiger partial charge is 0.239 e. The first-order chi connectivity index (χ1) is 6.16. The van der Waals surface area contributed by atoms with Gasteiger partial charge in [0.15, 0.2) is 0 Å². The van der Waals surface area contributed by atoms with Gasteiger partial charge in [-0.25, -0.2) is 0 Å². The maximum atomic E-state index is 11.7. The molecule has 0 unspecified atom stereocenters. The van der Waals surface area contributed by atoms with Gasteiger partial charge in [-0.3, -0.25) is 4.79 Å². The summed E-state index contributed by atoms with van der Waals surface area (Å²) >= 11 is 0. The van der Waals surface area contributed by atoms with Crippen LogP contribution in [-0.2, 0) is 4.79 Å². The number of hydrogen-bond acceptors (Lipinski definition) is 3. The van der Waals surface area contributed by atoms with Crippen LogP contribution in [0.3, 0.4) is 0 Å². The van der Waals surface area contributed by atoms with E-state index >= 15 is 0 Å². The van der Waals surface area contributed by atoms with Gasteiger partial charge in [-0.05, 0) is 13.3 Å². The SMILES string of the molecule is CC[C@@H](N)C(=O)N1CCNC[C@@H]1C.Cl. The van der Waals surface area contributed by atoms with Gasteiger partial charge >= 0.3 is 0 Å². The van der Waals surface area contributed by atoms with Gasteiger partial charge < -0.3 is 16.0 Å². The summed E-state index contributed by atoms with van der Waals surface area (Å²) in [5.74, 6) is 0.0940. The average molecular weight is 222 g/mol. The number of nitrogens with zero attached hydrogens (tertiary/aromatic N) is 1. The lowest BCUT2D eigenvalue weighted by atomic mass is 10.1. The summed E-state index contributed by atoms with van der Waals surface area (Å²) in [7, 11) is 0. The highest BCUT2D eigenvalue weighted by Gasteiger charge is 2.25. The summed E-state index contributed by atoms with van der Waals surface area (Å²) in [5, 5.41) is 3.24. The zero-order valence-corrected chi connectivity index (χ0v) is 9.64. The lowest BCUT2D eigenvalue weighted by Gasteiger charge is -2.35. The highest BCUT2D eigenvalue weighted by atomic mass is 35.5. The molecule has 0 aromatic heterocycles. The lowest BCUT2D eigenvalue weighted by molar-refractivity contribution is -0.135. The van der Waals surface area contributed by atoms with Crippen molar-refractivity contribution in [2.75, 3.05) is 19.6 Å². The van der Waals surface area contributed by atoms with Crippen molar-refractivity contribution in [3.63, 3.8) is 0 Å². The van der Waals surface area contributed by atoms with E-state index in [1.54, 1.807) is 0 Å². The predicted octanol–water partition coefficient (Wildman–Crippen LogP) is -0.0342. The van der Waals surface area contributed by atoms with Gasteiger partial charge in [0.1, 0.15) is 0 Å². The first-order valence-electron chi connectivity index (χ1n) is 4.93. The van der Waals surface area contributed by atoms with E-state index < -0.39 is 0 Å². The highest BCUT2D eigenvalue weighted by molar-refractivity contribution is 5.85. The van der Waals surface area contributed by atoms with Crippen molar-refractivity contribution < 1.29 is 4.79 Å². The molecule has 14 heavy (non-hydrogen) atoms. The summed E-state index contributed by atoms with van der Waals surface area (Å²) in [5.41, 5.74) is 5.70. The van der Waals surface area contributed by atoms with Crippen LogP contribution in [0.15, 0.2) is 0 Å². The number of hydrogen-bond donors (Lipinski definition) is 2. The Labute approximate surface area is 91.6 Å². The molecule has 1 fully saturated rings. The van der Waals surface area contributed by atoms with Crippen LogP contribution in [0.1, 0.15) is 20.3 Å². The molecule has 1 aliphatic heterocycles. The minimum Gasteiger partial charge on any atom is -0.336 e. The average Bonchev–Trinajstić information content (AvgIpc) is 2.16. The first kappa shape index (κ1) is 13.7. The number of nitrogens with two attached hydrogens (primary N) is 1. The van der Waals surface area contributed by atoms with Crippen molar-refractivity contribution in [1.29, 1.82) is 0 Å². The quantitative estimate of drug-likeness (QED) is 0.689. The molecule has 84 valence electrons. The van der Waals surface area contributed by atoms with Gasteiger partial charge in [-0.2, -0.15) is 0 Å². The maximum Gasteiger partial charge on any atom is 0.239 e. The van der Waals surface area contributed by atoms with Gasteiger partial charge in [0.25, 0.3) is 0 Å². The van der Waals surface area contributed by atoms with Crippen LogP contribution in [0.2, 0.25) is 0 Å². The van der Waals surface area contributed by atoms with Crippen molar-refractivity contribution in [3.8, 4) is 0 Å². The number of carbonyl (C=O) groups excluding carboxylic acids is 1. The molecule has 0 aromatic rings. The van der Waals surface area contributed by atoms with E-state index in [2.05, 4.69) is 5.32 Å². The molecule has 1 amide bonds. The third-order valence-electron chi connectivity index (χ3n) is 2.54. The highest BCUT2D eigenvalue weighted by Crippen LogP contribution is 2.05. The zero-order chi connectivity index (χ0) is 9.84. The Bertz CT molecular complexity index is 189. The van der Waals surface area contributed by atoms with E-state index in [1.807, 2.05) is 18.7 Å². The molecule has 5 heteroatoms. The van der Waals surface area contributed by atoms with Crippen LogP contribution in [0.4, 0.5) is 0 Å². The Morgan fingerprint density at radius 2 is 2.36 bits per heavy atom. The minimum atomic E-state index is -0.319. The monoisotopic (exact) mass is 221 g/mol. The summed E-state index contributed by atoms with van der Waals surface area (Å²) < 4.78 is 0. The van der Waals surface area contributed by atoms with Crippen LogP contribution in [0, 0.1) is 0 Å². The topological polar surface area (TPSA) is 58.4 Å². The molecule has 0 spiro atoms. The van der Waals surface area contributed by atoms with E-state index in [0.29, 0.717) is 0 Å². The molecule has 3 N–H and O–H groups in total. The zero-order valence-electron chi connectivity index (χ0n) is 8.82. The van der Waals surface area contributed by atoms with Crippen molar-refractivity contribution >= 4 is 18.3 Å². The molecule has 1 rings (SSSR count). The van der Waals surface area contributed by atoms with Gasteiger partial charge in [0.05, 0.1) is 6.04 Å². The Kier molecular flexibility index (Phi) is 6.08. The molecular formula is C9H20ClN3O. The van der Waals surface area contributed by atoms with E-state index in [-0.39, 0.29) is 30.4 Å². The van der Waals surface area contributed by atoms with Crippen molar-refractivity contribution in [1.82, 2.24) is 10.2 Å². The molecule has 0 saturated carbocycles. The second-order valence-corrected chi connectivity index (χ2v) is 3.60. The van der Waals surface area contributed by atoms with Crippen LogP contribution in [0.5, 0.6) is 0 Å². The van der Waals surface area contributed by atoms with Gasteiger partial charge in [0, 0.05) is 25.7 Å². The molecule has 4 nitrogen and oxygen atoms in total. The maximum absolute atomic E-state index is 11.7. The molecular weight excluding hydrogens is 202 g/mol. The molecule has 0 aromatic carbocycles. The second kappa shape index (κ2) is 6.22. The van der Waals surface area contributed by atoms with Crippen LogP contribution < -0.4 is 11.1 Å². The minimum absolute atomic E-state index is 0. The number of carbonyl (C=O) groups is 1. The Balaban J connectivity index is 0.00000169. The van der Waals surface area contributed by atoms with Gasteiger partial charge in [-0.1, -0.05) is 6.92 Å². The third kappa shape index (κ3) is 3.12. The predicted molar refractivity (Wildman–Crippen MR) is 59.6 cm³/mol. The molecule has 0 bridgehead atoms. The fourth-order valence-electron chi connectivity index (χ4n) is 1.56. The van der Waals surface area contributed by atoms with Crippen LogP contribution in [-0.4, -0.2) is 42.5 Å². The molecule has 1 heterocycles. The third-order valence-corrected chi connectivity index (χ3v) is 2.54. The number of nitrogens with one attached hydrogen (secondary N) is 1. The summed E-state index contributed by atoms with van der Waals surface area (Å²) in [6.45, 7) is 6.53. The normalized spacial score (nSPS) is 23.9. The van der Waals surface area contributed by atoms with Gasteiger partial charge in [-0.15, -0.1) is 12.4 Å². The summed E-state index contributed by atoms with van der Waals surface area (Å²) in [4.78, 5) is 13.6. The largest absolute Gasteiger partial charge is 0.336 e.